The van der Waals surface area contributed by atoms with E-state index >= 15 is 0 Å². The summed E-state index contributed by atoms with van der Waals surface area (Å²) in [4.78, 5) is 5.95. The lowest BCUT2D eigenvalue weighted by atomic mass is 9.73. The topological polar surface area (TPSA) is 65.2 Å². The van der Waals surface area contributed by atoms with Crippen molar-refractivity contribution < 1.29 is 9.23 Å². The third kappa shape index (κ3) is 3.38. The van der Waals surface area contributed by atoms with Crippen LogP contribution in [0.15, 0.2) is 5.16 Å². The summed E-state index contributed by atoms with van der Waals surface area (Å²) < 4.78 is 15.6. The molecule has 3 fully saturated rings. The predicted molar refractivity (Wildman–Crippen MR) is 99.2 cm³/mol. The molecule has 1 aromatic heterocycles. The molecule has 0 N–H and O–H groups in total. The fraction of sp³-hybridized carbons (Fsp3) is 0.900. The smallest absolute Gasteiger partial charge is 0.154 e. The molecule has 1 aromatic rings. The van der Waals surface area contributed by atoms with Crippen LogP contribution in [0.1, 0.15) is 94.8 Å². The van der Waals surface area contributed by atoms with Crippen molar-refractivity contribution in [2.75, 3.05) is 0 Å². The molecule has 5 rings (SSSR count). The summed E-state index contributed by atoms with van der Waals surface area (Å²) >= 11 is 0. The van der Waals surface area contributed by atoms with Gasteiger partial charge in [0.2, 0.25) is 0 Å². The lowest BCUT2D eigenvalue weighted by molar-refractivity contribution is -0.00101. The zero-order valence-electron chi connectivity index (χ0n) is 16.0. The molecule has 3 atom stereocenters. The highest BCUT2D eigenvalue weighted by Gasteiger charge is 2.44. The summed E-state index contributed by atoms with van der Waals surface area (Å²) in [6.07, 6.45) is 12.2. The third-order valence-electron chi connectivity index (χ3n) is 7.38. The van der Waals surface area contributed by atoms with Crippen LogP contribution in [-0.4, -0.2) is 38.2 Å². The Labute approximate surface area is 159 Å². The van der Waals surface area contributed by atoms with Gasteiger partial charge < -0.3 is 4.84 Å². The van der Waals surface area contributed by atoms with Crippen LogP contribution in [0.25, 0.3) is 0 Å². The highest BCUT2D eigenvalue weighted by Crippen LogP contribution is 2.43. The van der Waals surface area contributed by atoms with Gasteiger partial charge in [0.15, 0.2) is 5.82 Å². The molecule has 6 nitrogen and oxygen atoms in total. The molecule has 2 heterocycles. The number of nitrogens with zero attached hydrogens (tertiary/aromatic N) is 5. The van der Waals surface area contributed by atoms with Gasteiger partial charge in [-0.3, -0.25) is 0 Å². The second-order valence-electron chi connectivity index (χ2n) is 9.02. The number of oxime groups is 1. The van der Waals surface area contributed by atoms with Crippen LogP contribution in [-0.2, 0) is 4.84 Å². The molecule has 27 heavy (non-hydrogen) atoms. The van der Waals surface area contributed by atoms with Crippen molar-refractivity contribution in [3.63, 3.8) is 0 Å². The quantitative estimate of drug-likeness (QED) is 0.788. The van der Waals surface area contributed by atoms with Gasteiger partial charge in [0.25, 0.3) is 0 Å². The number of aromatic nitrogens is 4. The number of hydrogen-bond donors (Lipinski definition) is 0. The first kappa shape index (κ1) is 17.6. The van der Waals surface area contributed by atoms with Crippen molar-refractivity contribution in [3.8, 4) is 0 Å². The van der Waals surface area contributed by atoms with E-state index in [9.17, 15) is 4.39 Å². The normalized spacial score (nSPS) is 37.5. The summed E-state index contributed by atoms with van der Waals surface area (Å²) in [6, 6.07) is 0.315. The molecular weight excluding hydrogens is 345 g/mol. The molecule has 0 radical (unpaired) electrons. The molecule has 0 bridgehead atoms. The van der Waals surface area contributed by atoms with E-state index in [1.807, 2.05) is 0 Å². The molecule has 0 amide bonds. The van der Waals surface area contributed by atoms with Gasteiger partial charge in [0.1, 0.15) is 12.3 Å². The maximum Gasteiger partial charge on any atom is 0.154 e. The van der Waals surface area contributed by atoms with Crippen LogP contribution >= 0.6 is 0 Å². The van der Waals surface area contributed by atoms with Crippen LogP contribution in [0.3, 0.4) is 0 Å². The molecule has 4 aliphatic rings. The molecule has 3 aliphatic carbocycles. The molecular formula is C20H30FN5O. The summed E-state index contributed by atoms with van der Waals surface area (Å²) in [5.74, 6) is 2.35. The molecule has 3 unspecified atom stereocenters. The monoisotopic (exact) mass is 375 g/mol. The Hall–Kier alpha value is -1.53. The highest BCUT2D eigenvalue weighted by molar-refractivity contribution is 5.88. The van der Waals surface area contributed by atoms with Crippen molar-refractivity contribution in [1.29, 1.82) is 0 Å². The molecule has 148 valence electrons. The van der Waals surface area contributed by atoms with Crippen molar-refractivity contribution in [3.05, 3.63) is 5.82 Å². The van der Waals surface area contributed by atoms with Crippen LogP contribution in [0.4, 0.5) is 4.39 Å². The van der Waals surface area contributed by atoms with Crippen LogP contribution in [0.5, 0.6) is 0 Å². The molecule has 3 saturated carbocycles. The van der Waals surface area contributed by atoms with E-state index in [1.54, 1.807) is 0 Å². The fourth-order valence-corrected chi connectivity index (χ4v) is 5.83. The van der Waals surface area contributed by atoms with Gasteiger partial charge >= 0.3 is 0 Å². The van der Waals surface area contributed by atoms with Gasteiger partial charge in [0, 0.05) is 11.8 Å². The Morgan fingerprint density at radius 3 is 2.59 bits per heavy atom. The minimum Gasteiger partial charge on any atom is -0.392 e. The summed E-state index contributed by atoms with van der Waals surface area (Å²) in [5, 5.41) is 17.2. The first-order chi connectivity index (χ1) is 13.3. The van der Waals surface area contributed by atoms with E-state index in [0.29, 0.717) is 36.6 Å². The average Bonchev–Trinajstić information content (AvgIpc) is 3.36. The Bertz CT molecular complexity index is 678. The maximum absolute atomic E-state index is 13.5. The summed E-state index contributed by atoms with van der Waals surface area (Å²) in [5.41, 5.74) is 1.26. The number of alkyl halides is 1. The number of hydrogen-bond acceptors (Lipinski definition) is 5. The molecule has 1 aliphatic heterocycles. The van der Waals surface area contributed by atoms with Gasteiger partial charge in [-0.25, -0.2) is 9.07 Å². The van der Waals surface area contributed by atoms with E-state index in [-0.39, 0.29) is 6.10 Å². The number of tetrazole rings is 1. The van der Waals surface area contributed by atoms with Crippen LogP contribution in [0, 0.1) is 11.8 Å². The first-order valence-electron chi connectivity index (χ1n) is 10.9. The van der Waals surface area contributed by atoms with Gasteiger partial charge in [-0.05, 0) is 74.1 Å². The number of fused-ring (bicyclic) bond motifs is 1. The van der Waals surface area contributed by atoms with E-state index in [0.717, 1.165) is 37.9 Å². The number of halogens is 1. The second-order valence-corrected chi connectivity index (χ2v) is 9.02. The Balaban J connectivity index is 1.31. The van der Waals surface area contributed by atoms with E-state index in [4.69, 9.17) is 4.84 Å². The molecule has 0 spiro atoms. The van der Waals surface area contributed by atoms with E-state index < -0.39 is 6.17 Å². The van der Waals surface area contributed by atoms with Gasteiger partial charge in [0.05, 0.1) is 11.8 Å². The predicted octanol–water partition coefficient (Wildman–Crippen LogP) is 4.35. The molecule has 7 heteroatoms. The SMILES string of the molecule is FC1CCC(c2nnnn2C2CCC3=NOC(C4CCCCC4)C3C2)CC1. The summed E-state index contributed by atoms with van der Waals surface area (Å²) in [6.45, 7) is 0. The van der Waals surface area contributed by atoms with Crippen molar-refractivity contribution in [1.82, 2.24) is 20.2 Å². The van der Waals surface area contributed by atoms with Gasteiger partial charge in [-0.15, -0.1) is 5.10 Å². The average molecular weight is 375 g/mol. The Morgan fingerprint density at radius 1 is 0.963 bits per heavy atom. The van der Waals surface area contributed by atoms with Crippen LogP contribution < -0.4 is 0 Å². The lowest BCUT2D eigenvalue weighted by Crippen LogP contribution is -2.37. The zero-order valence-corrected chi connectivity index (χ0v) is 16.0. The van der Waals surface area contributed by atoms with Crippen LogP contribution in [0.2, 0.25) is 0 Å². The molecule has 0 aromatic carbocycles. The van der Waals surface area contributed by atoms with Gasteiger partial charge in [-0.1, -0.05) is 24.4 Å². The maximum atomic E-state index is 13.5. The van der Waals surface area contributed by atoms with Crippen molar-refractivity contribution >= 4 is 5.71 Å². The lowest BCUT2D eigenvalue weighted by Gasteiger charge is -2.34. The summed E-state index contributed by atoms with van der Waals surface area (Å²) in [7, 11) is 0. The Kier molecular flexibility index (Phi) is 4.86. The molecule has 0 saturated heterocycles. The Morgan fingerprint density at radius 2 is 1.78 bits per heavy atom. The first-order valence-corrected chi connectivity index (χ1v) is 10.9. The second kappa shape index (κ2) is 7.47. The van der Waals surface area contributed by atoms with Crippen molar-refractivity contribution in [2.45, 2.75) is 101 Å². The van der Waals surface area contributed by atoms with Crippen molar-refractivity contribution in [2.24, 2.45) is 17.0 Å². The minimum absolute atomic E-state index is 0.255. The largest absolute Gasteiger partial charge is 0.392 e. The van der Waals surface area contributed by atoms with E-state index in [2.05, 4.69) is 25.4 Å². The standard InChI is InChI=1S/C20H30FN5O/c21-15-8-6-14(7-9-15)20-22-24-25-26(20)16-10-11-18-17(12-16)19(27-23-18)13-4-2-1-3-5-13/h13-17,19H,1-12H2. The van der Waals surface area contributed by atoms with Gasteiger partial charge in [-0.2, -0.15) is 0 Å². The third-order valence-corrected chi connectivity index (χ3v) is 7.38. The minimum atomic E-state index is -0.647. The fourth-order valence-electron chi connectivity index (χ4n) is 5.83. The number of rotatable bonds is 3. The van der Waals surface area contributed by atoms with E-state index in [1.165, 1.54) is 37.8 Å². The highest BCUT2D eigenvalue weighted by atomic mass is 19.1. The zero-order chi connectivity index (χ0) is 18.2.